The molecule has 0 aromatic carbocycles. The fourth-order valence-corrected chi connectivity index (χ4v) is 4.00. The highest BCUT2D eigenvalue weighted by Crippen LogP contribution is 2.25. The van der Waals surface area contributed by atoms with E-state index >= 15 is 0 Å². The van der Waals surface area contributed by atoms with Gasteiger partial charge in [0.15, 0.2) is 0 Å². The van der Waals surface area contributed by atoms with E-state index < -0.39 is 22.0 Å². The van der Waals surface area contributed by atoms with Crippen molar-refractivity contribution in [2.45, 2.75) is 38.1 Å². The number of nitrogens with zero attached hydrogens (tertiary/aromatic N) is 2. The Kier molecular flexibility index (Phi) is 4.88. The number of piperidine rings is 2. The lowest BCUT2D eigenvalue weighted by Crippen LogP contribution is -2.52. The normalized spacial score (nSPS) is 25.8. The first-order valence-corrected chi connectivity index (χ1v) is 9.14. The van der Waals surface area contributed by atoms with Gasteiger partial charge in [-0.25, -0.2) is 17.5 Å². The number of amides is 1. The molecule has 8 heteroatoms. The number of sulfonamides is 1. The third-order valence-corrected chi connectivity index (χ3v) is 5.65. The van der Waals surface area contributed by atoms with Crippen molar-refractivity contribution in [2.24, 2.45) is 5.92 Å². The second kappa shape index (κ2) is 6.31. The molecule has 1 unspecified atom stereocenters. The van der Waals surface area contributed by atoms with Gasteiger partial charge >= 0.3 is 5.97 Å². The molecule has 2 aliphatic heterocycles. The Bertz CT molecular complexity index is 511. The predicted molar refractivity (Wildman–Crippen MR) is 76.1 cm³/mol. The minimum absolute atomic E-state index is 0.129. The minimum Gasteiger partial charge on any atom is -0.480 e. The van der Waals surface area contributed by atoms with E-state index in [0.29, 0.717) is 38.9 Å². The van der Waals surface area contributed by atoms with Gasteiger partial charge in [-0.1, -0.05) is 0 Å². The summed E-state index contributed by atoms with van der Waals surface area (Å²) in [6, 6.07) is -0.723. The Hall–Kier alpha value is -1.15. The standard InChI is InChI=1S/C13H22N2O5S/c1-21(19,20)14-8-5-10(6-9-14)12(16)15-7-3-2-4-11(15)13(17)18/h10-11H,2-9H2,1H3,(H,17,18). The summed E-state index contributed by atoms with van der Waals surface area (Å²) in [7, 11) is -3.21. The Balaban J connectivity index is 1.99. The van der Waals surface area contributed by atoms with Crippen LogP contribution in [0, 0.1) is 5.92 Å². The third kappa shape index (κ3) is 3.74. The summed E-state index contributed by atoms with van der Waals surface area (Å²) in [6.45, 7) is 1.16. The van der Waals surface area contributed by atoms with Crippen molar-refractivity contribution in [3.63, 3.8) is 0 Å². The van der Waals surface area contributed by atoms with Crippen molar-refractivity contribution < 1.29 is 23.1 Å². The van der Waals surface area contributed by atoms with Crippen molar-refractivity contribution in [3.05, 3.63) is 0 Å². The molecule has 21 heavy (non-hydrogen) atoms. The van der Waals surface area contributed by atoms with Crippen LogP contribution in [-0.2, 0) is 19.6 Å². The molecule has 2 saturated heterocycles. The summed E-state index contributed by atoms with van der Waals surface area (Å²) in [4.78, 5) is 25.3. The van der Waals surface area contributed by atoms with Crippen LogP contribution >= 0.6 is 0 Å². The lowest BCUT2D eigenvalue weighted by atomic mass is 9.93. The number of hydrogen-bond donors (Lipinski definition) is 1. The van der Waals surface area contributed by atoms with Gasteiger partial charge in [0, 0.05) is 25.6 Å². The second-order valence-electron chi connectivity index (χ2n) is 5.82. The zero-order chi connectivity index (χ0) is 15.6. The lowest BCUT2D eigenvalue weighted by Gasteiger charge is -2.37. The second-order valence-corrected chi connectivity index (χ2v) is 7.80. The van der Waals surface area contributed by atoms with Gasteiger partial charge in [0.05, 0.1) is 6.26 Å². The Morgan fingerprint density at radius 2 is 1.67 bits per heavy atom. The molecule has 0 radical (unpaired) electrons. The molecule has 2 heterocycles. The molecule has 0 saturated carbocycles. The Morgan fingerprint density at radius 1 is 1.05 bits per heavy atom. The molecule has 0 spiro atoms. The molecule has 2 aliphatic rings. The van der Waals surface area contributed by atoms with E-state index in [1.807, 2.05) is 0 Å². The Labute approximate surface area is 125 Å². The summed E-state index contributed by atoms with van der Waals surface area (Å²) in [5.41, 5.74) is 0. The van der Waals surface area contributed by atoms with Crippen LogP contribution in [0.3, 0.4) is 0 Å². The largest absolute Gasteiger partial charge is 0.480 e. The molecular formula is C13H22N2O5S. The summed E-state index contributed by atoms with van der Waals surface area (Å²) < 4.78 is 24.3. The van der Waals surface area contributed by atoms with Crippen molar-refractivity contribution in [1.29, 1.82) is 0 Å². The van der Waals surface area contributed by atoms with E-state index in [-0.39, 0.29) is 11.8 Å². The average molecular weight is 318 g/mol. The quantitative estimate of drug-likeness (QED) is 0.798. The van der Waals surface area contributed by atoms with Crippen LogP contribution in [0.2, 0.25) is 0 Å². The first-order valence-electron chi connectivity index (χ1n) is 7.29. The number of carbonyl (C=O) groups excluding carboxylic acids is 1. The molecule has 2 rings (SSSR count). The van der Waals surface area contributed by atoms with Gasteiger partial charge in [0.2, 0.25) is 15.9 Å². The van der Waals surface area contributed by atoms with Crippen molar-refractivity contribution >= 4 is 21.9 Å². The first kappa shape index (κ1) is 16.2. The smallest absolute Gasteiger partial charge is 0.326 e. The number of hydrogen-bond acceptors (Lipinski definition) is 4. The summed E-state index contributed by atoms with van der Waals surface area (Å²) in [5.74, 6) is -1.34. The minimum atomic E-state index is -3.21. The molecule has 0 aromatic rings. The summed E-state index contributed by atoms with van der Waals surface area (Å²) in [6.07, 6.45) is 4.26. The van der Waals surface area contributed by atoms with Crippen LogP contribution in [0.25, 0.3) is 0 Å². The SMILES string of the molecule is CS(=O)(=O)N1CCC(C(=O)N2CCCCC2C(=O)O)CC1. The number of carbonyl (C=O) groups is 2. The molecule has 0 bridgehead atoms. The number of rotatable bonds is 3. The first-order chi connectivity index (χ1) is 9.80. The van der Waals surface area contributed by atoms with Crippen LogP contribution in [0.5, 0.6) is 0 Å². The van der Waals surface area contributed by atoms with E-state index in [2.05, 4.69) is 0 Å². The van der Waals surface area contributed by atoms with Crippen LogP contribution in [0.4, 0.5) is 0 Å². The van der Waals surface area contributed by atoms with Crippen molar-refractivity contribution in [3.8, 4) is 0 Å². The third-order valence-electron chi connectivity index (χ3n) is 4.34. The van der Waals surface area contributed by atoms with E-state index in [1.54, 1.807) is 0 Å². The highest BCUT2D eigenvalue weighted by Gasteiger charge is 2.37. The maximum atomic E-state index is 12.5. The van der Waals surface area contributed by atoms with Crippen LogP contribution in [-0.4, -0.2) is 66.5 Å². The molecule has 0 aromatic heterocycles. The molecule has 1 N–H and O–H groups in total. The predicted octanol–water partition coefficient (Wildman–Crippen LogP) is 0.124. The maximum Gasteiger partial charge on any atom is 0.326 e. The van der Waals surface area contributed by atoms with Crippen molar-refractivity contribution in [1.82, 2.24) is 9.21 Å². The number of aliphatic carboxylic acids is 1. The maximum absolute atomic E-state index is 12.5. The summed E-state index contributed by atoms with van der Waals surface area (Å²) >= 11 is 0. The van der Waals surface area contributed by atoms with Crippen LogP contribution < -0.4 is 0 Å². The number of carboxylic acid groups (broad SMARTS) is 1. The fourth-order valence-electron chi connectivity index (χ4n) is 3.12. The monoisotopic (exact) mass is 318 g/mol. The van der Waals surface area contributed by atoms with Gasteiger partial charge in [-0.2, -0.15) is 0 Å². The van der Waals surface area contributed by atoms with Gasteiger partial charge in [-0.3, -0.25) is 4.79 Å². The molecule has 1 atom stereocenters. The zero-order valence-corrected chi connectivity index (χ0v) is 13.0. The van der Waals surface area contributed by atoms with Gasteiger partial charge in [-0.05, 0) is 32.1 Å². The van der Waals surface area contributed by atoms with E-state index in [0.717, 1.165) is 12.8 Å². The molecule has 1 amide bonds. The highest BCUT2D eigenvalue weighted by atomic mass is 32.2. The topological polar surface area (TPSA) is 95.0 Å². The lowest BCUT2D eigenvalue weighted by molar-refractivity contribution is -0.154. The van der Waals surface area contributed by atoms with Gasteiger partial charge < -0.3 is 10.0 Å². The van der Waals surface area contributed by atoms with E-state index in [1.165, 1.54) is 15.5 Å². The zero-order valence-electron chi connectivity index (χ0n) is 12.2. The molecule has 7 nitrogen and oxygen atoms in total. The number of likely N-dealkylation sites (tertiary alicyclic amines) is 1. The summed E-state index contributed by atoms with van der Waals surface area (Å²) in [5, 5.41) is 9.22. The van der Waals surface area contributed by atoms with Crippen molar-refractivity contribution in [2.75, 3.05) is 25.9 Å². The van der Waals surface area contributed by atoms with Crippen LogP contribution in [0.15, 0.2) is 0 Å². The average Bonchev–Trinajstić information content (AvgIpc) is 2.45. The molecular weight excluding hydrogens is 296 g/mol. The van der Waals surface area contributed by atoms with Gasteiger partial charge in [0.1, 0.15) is 6.04 Å². The van der Waals surface area contributed by atoms with E-state index in [9.17, 15) is 23.1 Å². The Morgan fingerprint density at radius 3 is 2.19 bits per heavy atom. The number of carboxylic acids is 1. The van der Waals surface area contributed by atoms with Gasteiger partial charge in [-0.15, -0.1) is 0 Å². The van der Waals surface area contributed by atoms with E-state index in [4.69, 9.17) is 0 Å². The van der Waals surface area contributed by atoms with Crippen LogP contribution in [0.1, 0.15) is 32.1 Å². The fraction of sp³-hybridized carbons (Fsp3) is 0.846. The molecule has 2 fully saturated rings. The molecule has 120 valence electrons. The molecule has 0 aliphatic carbocycles. The highest BCUT2D eigenvalue weighted by molar-refractivity contribution is 7.88. The van der Waals surface area contributed by atoms with Gasteiger partial charge in [0.25, 0.3) is 0 Å².